The van der Waals surface area contributed by atoms with Gasteiger partial charge in [0.05, 0.1) is 7.11 Å². The number of ether oxygens (including phenoxy) is 1. The highest BCUT2D eigenvalue weighted by Gasteiger charge is 2.19. The molecule has 0 aliphatic carbocycles. The maximum absolute atomic E-state index is 6.22. The topological polar surface area (TPSA) is 61.3 Å². The molecule has 1 aromatic rings. The molecule has 0 spiro atoms. The summed E-state index contributed by atoms with van der Waals surface area (Å²) in [7, 11) is 1.70. The molecule has 0 aliphatic rings. The molecule has 102 valence electrons. The minimum atomic E-state index is -0.253. The van der Waals surface area contributed by atoms with Crippen LogP contribution in [0.2, 0.25) is 0 Å². The number of hydrogen-bond donors (Lipinski definition) is 2. The maximum atomic E-state index is 6.22. The third-order valence-electron chi connectivity index (χ3n) is 3.05. The monoisotopic (exact) mass is 250 g/mol. The zero-order valence-electron chi connectivity index (χ0n) is 12.2. The molecular weight excluding hydrogens is 224 g/mol. The molecule has 0 amide bonds. The van der Waals surface area contributed by atoms with E-state index in [2.05, 4.69) is 19.9 Å². The average Bonchev–Trinajstić information content (AvgIpc) is 2.25. The van der Waals surface area contributed by atoms with Crippen molar-refractivity contribution in [3.63, 3.8) is 0 Å². The molecule has 0 fully saturated rings. The Bertz CT molecular complexity index is 394. The molecular formula is C15H26N2O. The molecule has 0 bridgehead atoms. The Balaban J connectivity index is 3.01. The largest absolute Gasteiger partial charge is 0.496 e. The first-order valence-electron chi connectivity index (χ1n) is 6.47. The lowest BCUT2D eigenvalue weighted by atomic mass is 9.90. The van der Waals surface area contributed by atoms with E-state index in [9.17, 15) is 0 Å². The van der Waals surface area contributed by atoms with Gasteiger partial charge in [0.1, 0.15) is 5.75 Å². The van der Waals surface area contributed by atoms with E-state index in [0.717, 1.165) is 17.7 Å². The van der Waals surface area contributed by atoms with Crippen molar-refractivity contribution in [1.29, 1.82) is 0 Å². The number of methoxy groups -OCH3 is 1. The molecule has 3 heteroatoms. The van der Waals surface area contributed by atoms with Crippen LogP contribution < -0.4 is 16.2 Å². The van der Waals surface area contributed by atoms with E-state index in [1.807, 2.05) is 26.0 Å². The van der Waals surface area contributed by atoms with Crippen molar-refractivity contribution >= 4 is 0 Å². The molecule has 1 unspecified atom stereocenters. The van der Waals surface area contributed by atoms with Crippen LogP contribution in [0.3, 0.4) is 0 Å². The standard InChI is InChI=1S/C15H26N2O/c1-10(2)12-8-11(6-7-14(12)18-5)13(16)9-15(3,4)17/h6-8,10,13H,9,16-17H2,1-5H3. The van der Waals surface area contributed by atoms with E-state index < -0.39 is 0 Å². The van der Waals surface area contributed by atoms with Crippen LogP contribution >= 0.6 is 0 Å². The van der Waals surface area contributed by atoms with E-state index in [0.29, 0.717) is 5.92 Å². The third kappa shape index (κ3) is 4.00. The van der Waals surface area contributed by atoms with Gasteiger partial charge in [0.15, 0.2) is 0 Å². The summed E-state index contributed by atoms with van der Waals surface area (Å²) in [6.07, 6.45) is 0.761. The summed E-state index contributed by atoms with van der Waals surface area (Å²) in [5, 5.41) is 0. The fourth-order valence-corrected chi connectivity index (χ4v) is 2.12. The molecule has 3 nitrogen and oxygen atoms in total. The van der Waals surface area contributed by atoms with Gasteiger partial charge in [-0.25, -0.2) is 0 Å². The van der Waals surface area contributed by atoms with Gasteiger partial charge in [-0.1, -0.05) is 26.0 Å². The molecule has 0 heterocycles. The van der Waals surface area contributed by atoms with Crippen molar-refractivity contribution < 1.29 is 4.74 Å². The number of rotatable bonds is 5. The summed E-state index contributed by atoms with van der Waals surface area (Å²) in [4.78, 5) is 0. The van der Waals surface area contributed by atoms with Gasteiger partial charge < -0.3 is 16.2 Å². The van der Waals surface area contributed by atoms with Crippen molar-refractivity contribution in [3.05, 3.63) is 29.3 Å². The van der Waals surface area contributed by atoms with E-state index >= 15 is 0 Å². The summed E-state index contributed by atoms with van der Waals surface area (Å²) in [6, 6.07) is 6.13. The first-order valence-corrected chi connectivity index (χ1v) is 6.47. The number of nitrogens with two attached hydrogens (primary N) is 2. The third-order valence-corrected chi connectivity index (χ3v) is 3.05. The lowest BCUT2D eigenvalue weighted by molar-refractivity contribution is 0.405. The van der Waals surface area contributed by atoms with Gasteiger partial charge in [0, 0.05) is 11.6 Å². The molecule has 1 atom stereocenters. The maximum Gasteiger partial charge on any atom is 0.122 e. The van der Waals surface area contributed by atoms with Gasteiger partial charge in [0.2, 0.25) is 0 Å². The van der Waals surface area contributed by atoms with Crippen LogP contribution in [0.15, 0.2) is 18.2 Å². The first-order chi connectivity index (χ1) is 8.24. The summed E-state index contributed by atoms with van der Waals surface area (Å²) in [5.74, 6) is 1.34. The van der Waals surface area contributed by atoms with Crippen LogP contribution in [-0.2, 0) is 0 Å². The lowest BCUT2D eigenvalue weighted by Gasteiger charge is -2.24. The second-order valence-electron chi connectivity index (χ2n) is 5.96. The molecule has 0 aliphatic heterocycles. The van der Waals surface area contributed by atoms with Crippen molar-refractivity contribution in [2.24, 2.45) is 11.5 Å². The van der Waals surface area contributed by atoms with Crippen LogP contribution in [0.1, 0.15) is 57.2 Å². The van der Waals surface area contributed by atoms with Gasteiger partial charge in [-0.05, 0) is 43.4 Å². The highest BCUT2D eigenvalue weighted by atomic mass is 16.5. The van der Waals surface area contributed by atoms with E-state index in [-0.39, 0.29) is 11.6 Å². The predicted octanol–water partition coefficient (Wildman–Crippen LogP) is 2.95. The normalized spacial score (nSPS) is 13.8. The Kier molecular flexibility index (Phi) is 4.77. The SMILES string of the molecule is COc1ccc(C(N)CC(C)(C)N)cc1C(C)C. The molecule has 1 rings (SSSR count). The molecule has 18 heavy (non-hydrogen) atoms. The summed E-state index contributed by atoms with van der Waals surface area (Å²) < 4.78 is 5.38. The summed E-state index contributed by atoms with van der Waals surface area (Å²) in [6.45, 7) is 8.31. The highest BCUT2D eigenvalue weighted by molar-refractivity contribution is 5.40. The molecule has 0 saturated carbocycles. The first kappa shape index (κ1) is 15.0. The predicted molar refractivity (Wildman–Crippen MR) is 76.9 cm³/mol. The van der Waals surface area contributed by atoms with Gasteiger partial charge in [-0.3, -0.25) is 0 Å². The Labute approximate surface area is 111 Å². The van der Waals surface area contributed by atoms with Crippen LogP contribution in [0.4, 0.5) is 0 Å². The van der Waals surface area contributed by atoms with E-state index in [4.69, 9.17) is 16.2 Å². The van der Waals surface area contributed by atoms with Crippen LogP contribution in [0.5, 0.6) is 5.75 Å². The van der Waals surface area contributed by atoms with Crippen molar-refractivity contribution in [2.45, 2.75) is 51.6 Å². The molecule has 0 saturated heterocycles. The minimum Gasteiger partial charge on any atom is -0.496 e. The zero-order chi connectivity index (χ0) is 13.9. The number of hydrogen-bond acceptors (Lipinski definition) is 3. The second-order valence-corrected chi connectivity index (χ2v) is 5.96. The van der Waals surface area contributed by atoms with E-state index in [1.54, 1.807) is 7.11 Å². The zero-order valence-corrected chi connectivity index (χ0v) is 12.2. The molecule has 1 aromatic carbocycles. The van der Waals surface area contributed by atoms with Gasteiger partial charge in [-0.2, -0.15) is 0 Å². The fourth-order valence-electron chi connectivity index (χ4n) is 2.12. The van der Waals surface area contributed by atoms with E-state index in [1.165, 1.54) is 5.56 Å². The van der Waals surface area contributed by atoms with Crippen molar-refractivity contribution in [1.82, 2.24) is 0 Å². The second kappa shape index (κ2) is 5.72. The minimum absolute atomic E-state index is 0.0339. The van der Waals surface area contributed by atoms with Gasteiger partial charge in [-0.15, -0.1) is 0 Å². The van der Waals surface area contributed by atoms with Gasteiger partial charge >= 0.3 is 0 Å². The average molecular weight is 250 g/mol. The summed E-state index contributed by atoms with van der Waals surface area (Å²) >= 11 is 0. The molecule has 0 aromatic heterocycles. The van der Waals surface area contributed by atoms with Crippen molar-refractivity contribution in [2.75, 3.05) is 7.11 Å². The fraction of sp³-hybridized carbons (Fsp3) is 0.600. The Morgan fingerprint density at radius 3 is 2.33 bits per heavy atom. The van der Waals surface area contributed by atoms with Crippen LogP contribution in [0.25, 0.3) is 0 Å². The Hall–Kier alpha value is -1.06. The van der Waals surface area contributed by atoms with Gasteiger partial charge in [0.25, 0.3) is 0 Å². The number of benzene rings is 1. The lowest BCUT2D eigenvalue weighted by Crippen LogP contribution is -2.35. The Morgan fingerprint density at radius 1 is 1.28 bits per heavy atom. The molecule has 0 radical (unpaired) electrons. The van der Waals surface area contributed by atoms with Crippen LogP contribution in [-0.4, -0.2) is 12.6 Å². The van der Waals surface area contributed by atoms with Crippen LogP contribution in [0, 0.1) is 0 Å². The molecule has 4 N–H and O–H groups in total. The summed E-state index contributed by atoms with van der Waals surface area (Å²) in [5.41, 5.74) is 14.3. The highest BCUT2D eigenvalue weighted by Crippen LogP contribution is 2.30. The Morgan fingerprint density at radius 2 is 1.89 bits per heavy atom. The van der Waals surface area contributed by atoms with Crippen molar-refractivity contribution in [3.8, 4) is 5.75 Å². The quantitative estimate of drug-likeness (QED) is 0.844. The smallest absolute Gasteiger partial charge is 0.122 e.